The van der Waals surface area contributed by atoms with E-state index >= 15 is 0 Å². The number of halogens is 1. The summed E-state index contributed by atoms with van der Waals surface area (Å²) in [7, 11) is 1.57. The van der Waals surface area contributed by atoms with Gasteiger partial charge in [0.15, 0.2) is 23.0 Å². The van der Waals surface area contributed by atoms with E-state index in [9.17, 15) is 8.60 Å². The maximum absolute atomic E-state index is 13.7. The number of nitrogens with zero attached hydrogens (tertiary/aromatic N) is 1. The van der Waals surface area contributed by atoms with Crippen molar-refractivity contribution in [1.82, 2.24) is 4.90 Å². The van der Waals surface area contributed by atoms with E-state index < -0.39 is 16.9 Å². The zero-order valence-corrected chi connectivity index (χ0v) is 21.5. The van der Waals surface area contributed by atoms with E-state index in [1.165, 1.54) is 34.9 Å². The second kappa shape index (κ2) is 10.5. The first kappa shape index (κ1) is 24.6. The molecule has 0 aliphatic carbocycles. The summed E-state index contributed by atoms with van der Waals surface area (Å²) in [6, 6.07) is 13.9. The molecule has 0 spiro atoms. The molecule has 8 heteroatoms. The zero-order valence-electron chi connectivity index (χ0n) is 20.7. The summed E-state index contributed by atoms with van der Waals surface area (Å²) >= 11 is -1.88. The van der Waals surface area contributed by atoms with Crippen LogP contribution in [-0.2, 0) is 30.5 Å². The maximum atomic E-state index is 13.7. The van der Waals surface area contributed by atoms with Crippen LogP contribution >= 0.6 is 0 Å². The Bertz CT molecular complexity index is 1300. The molecule has 2 aliphatic rings. The van der Waals surface area contributed by atoms with Crippen molar-refractivity contribution < 1.29 is 27.0 Å². The second-order valence-corrected chi connectivity index (χ2v) is 9.96. The lowest BCUT2D eigenvalue weighted by molar-refractivity contribution is 0.159. The van der Waals surface area contributed by atoms with Gasteiger partial charge in [0.25, 0.3) is 0 Å². The van der Waals surface area contributed by atoms with Crippen LogP contribution in [0.4, 0.5) is 4.39 Å². The Morgan fingerprint density at radius 3 is 2.36 bits per heavy atom. The third kappa shape index (κ3) is 4.80. The van der Waals surface area contributed by atoms with Crippen LogP contribution in [-0.4, -0.2) is 36.0 Å². The van der Waals surface area contributed by atoms with Gasteiger partial charge in [-0.3, -0.25) is 4.90 Å². The molecule has 5 rings (SSSR count). The molecule has 0 bridgehead atoms. The SMILES string of the molecule is CCOc1cc2c(cc1OCC)CN1CCc3cc(OC)c(OS(=O)c4cccc(F)c4)cc3C1C2. The van der Waals surface area contributed by atoms with Crippen LogP contribution in [0.25, 0.3) is 0 Å². The van der Waals surface area contributed by atoms with Gasteiger partial charge < -0.3 is 18.4 Å². The fraction of sp³-hybridized carbons (Fsp3) is 0.357. The van der Waals surface area contributed by atoms with Crippen molar-refractivity contribution in [3.05, 3.63) is 76.6 Å². The van der Waals surface area contributed by atoms with Crippen LogP contribution in [0.1, 0.15) is 42.1 Å². The Hall–Kier alpha value is -3.10. The first-order valence-electron chi connectivity index (χ1n) is 12.2. The monoisotopic (exact) mass is 511 g/mol. The lowest BCUT2D eigenvalue weighted by atomic mass is 9.83. The molecule has 0 saturated heterocycles. The molecule has 0 amide bonds. The molecule has 0 aromatic heterocycles. The zero-order chi connectivity index (χ0) is 25.2. The highest BCUT2D eigenvalue weighted by Gasteiger charge is 2.34. The molecule has 36 heavy (non-hydrogen) atoms. The predicted molar refractivity (Wildman–Crippen MR) is 136 cm³/mol. The van der Waals surface area contributed by atoms with E-state index in [1.807, 2.05) is 26.0 Å². The highest BCUT2D eigenvalue weighted by atomic mass is 32.2. The number of methoxy groups -OCH3 is 1. The van der Waals surface area contributed by atoms with Crippen molar-refractivity contribution in [1.29, 1.82) is 0 Å². The van der Waals surface area contributed by atoms with Gasteiger partial charge in [0.05, 0.1) is 25.2 Å². The van der Waals surface area contributed by atoms with Gasteiger partial charge in [0.1, 0.15) is 5.82 Å². The third-order valence-corrected chi connectivity index (χ3v) is 7.67. The van der Waals surface area contributed by atoms with E-state index in [1.54, 1.807) is 13.2 Å². The van der Waals surface area contributed by atoms with E-state index in [0.717, 1.165) is 43.0 Å². The van der Waals surface area contributed by atoms with Crippen molar-refractivity contribution in [2.24, 2.45) is 0 Å². The highest BCUT2D eigenvalue weighted by Crippen LogP contribution is 2.44. The smallest absolute Gasteiger partial charge is 0.240 e. The number of ether oxygens (including phenoxy) is 3. The minimum absolute atomic E-state index is 0.143. The number of hydrogen-bond acceptors (Lipinski definition) is 6. The standard InChI is InChI=1S/C28H30FNO5S/c1-4-33-26-13-19-11-24-23-16-28(35-36(31)22-8-6-7-21(29)15-22)25(32-3)12-18(23)9-10-30(24)17-20(19)14-27(26)34-5-2/h6-8,12-16,24H,4-5,9-11,17H2,1-3H3. The summed E-state index contributed by atoms with van der Waals surface area (Å²) in [6.07, 6.45) is 1.69. The topological polar surface area (TPSA) is 57.2 Å². The molecule has 0 N–H and O–H groups in total. The van der Waals surface area contributed by atoms with Crippen LogP contribution < -0.4 is 18.4 Å². The van der Waals surface area contributed by atoms with Crippen LogP contribution in [0.15, 0.2) is 53.4 Å². The molecule has 2 heterocycles. The van der Waals surface area contributed by atoms with Gasteiger partial charge in [0.2, 0.25) is 11.1 Å². The number of fused-ring (bicyclic) bond motifs is 4. The molecule has 2 atom stereocenters. The second-order valence-electron chi connectivity index (χ2n) is 8.85. The Labute approximate surface area is 213 Å². The number of benzene rings is 3. The molecule has 190 valence electrons. The molecular formula is C28H30FNO5S. The fourth-order valence-corrected chi connectivity index (χ4v) is 5.85. The van der Waals surface area contributed by atoms with Gasteiger partial charge >= 0.3 is 0 Å². The fourth-order valence-electron chi connectivity index (χ4n) is 5.06. The van der Waals surface area contributed by atoms with Gasteiger partial charge in [-0.2, -0.15) is 0 Å². The molecule has 0 saturated carbocycles. The Balaban J connectivity index is 1.48. The van der Waals surface area contributed by atoms with E-state index in [-0.39, 0.29) is 10.9 Å². The van der Waals surface area contributed by atoms with E-state index in [4.69, 9.17) is 18.4 Å². The van der Waals surface area contributed by atoms with Crippen molar-refractivity contribution in [2.75, 3.05) is 26.9 Å². The van der Waals surface area contributed by atoms with Gasteiger partial charge in [-0.1, -0.05) is 6.07 Å². The summed E-state index contributed by atoms with van der Waals surface area (Å²) in [4.78, 5) is 2.72. The Kier molecular flexibility index (Phi) is 7.16. The number of hydrogen-bond donors (Lipinski definition) is 0. The molecule has 2 unspecified atom stereocenters. The van der Waals surface area contributed by atoms with Crippen LogP contribution in [0.3, 0.4) is 0 Å². The van der Waals surface area contributed by atoms with Gasteiger partial charge in [-0.15, -0.1) is 0 Å². The van der Waals surface area contributed by atoms with Gasteiger partial charge in [-0.05, 0) is 91.4 Å². The number of rotatable bonds is 8. The summed E-state index contributed by atoms with van der Waals surface area (Å²) in [5, 5.41) is 0. The van der Waals surface area contributed by atoms with Crippen molar-refractivity contribution in [2.45, 2.75) is 44.2 Å². The molecular weight excluding hydrogens is 481 g/mol. The molecule has 3 aromatic rings. The highest BCUT2D eigenvalue weighted by molar-refractivity contribution is 7.80. The van der Waals surface area contributed by atoms with E-state index in [0.29, 0.717) is 24.7 Å². The maximum Gasteiger partial charge on any atom is 0.240 e. The molecule has 0 fully saturated rings. The van der Waals surface area contributed by atoms with Crippen LogP contribution in [0.5, 0.6) is 23.0 Å². The van der Waals surface area contributed by atoms with Gasteiger partial charge in [0, 0.05) is 19.1 Å². The predicted octanol–water partition coefficient (Wildman–Crippen LogP) is 5.39. The first-order chi connectivity index (χ1) is 17.5. The minimum atomic E-state index is -1.88. The van der Waals surface area contributed by atoms with Crippen LogP contribution in [0, 0.1) is 5.82 Å². The van der Waals surface area contributed by atoms with E-state index in [2.05, 4.69) is 17.0 Å². The Morgan fingerprint density at radius 2 is 1.67 bits per heavy atom. The molecule has 0 radical (unpaired) electrons. The quantitative estimate of drug-likeness (QED) is 0.404. The largest absolute Gasteiger partial charge is 0.493 e. The average molecular weight is 512 g/mol. The van der Waals surface area contributed by atoms with Crippen LogP contribution in [0.2, 0.25) is 0 Å². The third-order valence-electron chi connectivity index (χ3n) is 6.70. The molecule has 2 aliphatic heterocycles. The summed E-state index contributed by atoms with van der Waals surface area (Å²) < 4.78 is 49.6. The lowest BCUT2D eigenvalue weighted by Gasteiger charge is -2.42. The average Bonchev–Trinajstić information content (AvgIpc) is 2.88. The minimum Gasteiger partial charge on any atom is -0.493 e. The summed E-state index contributed by atoms with van der Waals surface area (Å²) in [5.41, 5.74) is 4.80. The Morgan fingerprint density at radius 1 is 0.944 bits per heavy atom. The normalized spacial score (nSPS) is 17.4. The first-order valence-corrected chi connectivity index (χ1v) is 13.3. The van der Waals surface area contributed by atoms with Crippen molar-refractivity contribution in [3.8, 4) is 23.0 Å². The van der Waals surface area contributed by atoms with Crippen molar-refractivity contribution in [3.63, 3.8) is 0 Å². The molecule has 6 nitrogen and oxygen atoms in total. The van der Waals surface area contributed by atoms with Gasteiger partial charge in [-0.25, -0.2) is 8.60 Å². The summed E-state index contributed by atoms with van der Waals surface area (Å²) in [5.74, 6) is 2.00. The summed E-state index contributed by atoms with van der Waals surface area (Å²) in [6.45, 7) is 6.83. The van der Waals surface area contributed by atoms with Crippen molar-refractivity contribution >= 4 is 11.1 Å². The lowest BCUT2D eigenvalue weighted by Crippen LogP contribution is -2.39. The molecule has 3 aromatic carbocycles.